The van der Waals surface area contributed by atoms with Crippen LogP contribution in [0.5, 0.6) is 0 Å². The second kappa shape index (κ2) is 6.07. The van der Waals surface area contributed by atoms with Crippen molar-refractivity contribution in [2.24, 2.45) is 4.99 Å². The first-order valence-corrected chi connectivity index (χ1v) is 9.26. The van der Waals surface area contributed by atoms with E-state index in [0.29, 0.717) is 28.8 Å². The molecule has 7 nitrogen and oxygen atoms in total. The van der Waals surface area contributed by atoms with Crippen molar-refractivity contribution in [3.8, 4) is 0 Å². The fourth-order valence-corrected chi connectivity index (χ4v) is 3.77. The summed E-state index contributed by atoms with van der Waals surface area (Å²) < 4.78 is 27.7. The molecule has 0 aliphatic carbocycles. The van der Waals surface area contributed by atoms with Crippen LogP contribution >= 0.6 is 0 Å². The Kier molecular flexibility index (Phi) is 3.71. The molecule has 1 atom stereocenters. The molecule has 2 aliphatic heterocycles. The molecule has 1 saturated heterocycles. The maximum atomic E-state index is 13.1. The Balaban J connectivity index is 1.53. The van der Waals surface area contributed by atoms with Crippen molar-refractivity contribution in [2.75, 3.05) is 25.4 Å². The molecule has 2 aromatic heterocycles. The van der Waals surface area contributed by atoms with Gasteiger partial charge in [-0.25, -0.2) is 13.8 Å². The lowest BCUT2D eigenvalue weighted by molar-refractivity contribution is -0.168. The number of likely N-dealkylation sites (tertiary alicyclic amines) is 1. The highest BCUT2D eigenvalue weighted by Crippen LogP contribution is 2.32. The van der Waals surface area contributed by atoms with Crippen molar-refractivity contribution < 1.29 is 13.6 Å². The predicted octanol–water partition coefficient (Wildman–Crippen LogP) is 2.67. The topological polar surface area (TPSA) is 89.4 Å². The highest BCUT2D eigenvalue weighted by Gasteiger charge is 2.47. The van der Waals surface area contributed by atoms with Crippen molar-refractivity contribution in [3.63, 3.8) is 0 Å². The number of fused-ring (bicyclic) bond motifs is 3. The van der Waals surface area contributed by atoms with Crippen LogP contribution < -0.4 is 5.73 Å². The van der Waals surface area contributed by atoms with Gasteiger partial charge in [-0.2, -0.15) is 5.10 Å². The highest BCUT2D eigenvalue weighted by molar-refractivity contribution is 6.08. The SMILES string of the molecule is CC(C(=O)N1CC(F)(F)C1)n1cc2c(N)nc3cc(C4=CC=NC4)ccc3c2n1. The number of nitrogens with two attached hydrogens (primary N) is 1. The Labute approximate surface area is 164 Å². The van der Waals surface area contributed by atoms with E-state index in [1.165, 1.54) is 4.68 Å². The first-order chi connectivity index (χ1) is 13.8. The van der Waals surface area contributed by atoms with Crippen LogP contribution in [0.25, 0.3) is 27.4 Å². The molecule has 2 N–H and O–H groups in total. The normalized spacial score (nSPS) is 18.9. The van der Waals surface area contributed by atoms with Gasteiger partial charge >= 0.3 is 0 Å². The van der Waals surface area contributed by atoms with Crippen LogP contribution in [0.1, 0.15) is 18.5 Å². The monoisotopic (exact) mass is 396 g/mol. The second-order valence-corrected chi connectivity index (χ2v) is 7.51. The number of hydrogen-bond donors (Lipinski definition) is 1. The number of aliphatic imine (C=N–C) groups is 1. The lowest BCUT2D eigenvalue weighted by Crippen LogP contribution is -2.59. The number of carbonyl (C=O) groups is 1. The number of anilines is 1. The third kappa shape index (κ3) is 2.84. The summed E-state index contributed by atoms with van der Waals surface area (Å²) in [5, 5.41) is 5.99. The minimum absolute atomic E-state index is 0.308. The van der Waals surface area contributed by atoms with E-state index in [9.17, 15) is 13.6 Å². The third-order valence-corrected chi connectivity index (χ3v) is 5.43. The Hall–Kier alpha value is -3.36. The molecule has 29 heavy (non-hydrogen) atoms. The van der Waals surface area contributed by atoms with Crippen molar-refractivity contribution >= 4 is 45.3 Å². The van der Waals surface area contributed by atoms with Crippen LogP contribution in [0.15, 0.2) is 35.5 Å². The van der Waals surface area contributed by atoms with Gasteiger partial charge in [-0.1, -0.05) is 6.07 Å². The number of nitrogen functional groups attached to an aromatic ring is 1. The van der Waals surface area contributed by atoms with E-state index in [1.54, 1.807) is 19.3 Å². The predicted molar refractivity (Wildman–Crippen MR) is 107 cm³/mol. The number of rotatable bonds is 3. The van der Waals surface area contributed by atoms with E-state index < -0.39 is 31.0 Å². The Morgan fingerprint density at radius 2 is 2.07 bits per heavy atom. The molecule has 1 amide bonds. The molecule has 0 spiro atoms. The number of halogens is 2. The minimum Gasteiger partial charge on any atom is -0.383 e. The molecule has 4 heterocycles. The zero-order valence-electron chi connectivity index (χ0n) is 15.6. The van der Waals surface area contributed by atoms with Crippen LogP contribution in [-0.2, 0) is 4.79 Å². The summed E-state index contributed by atoms with van der Waals surface area (Å²) in [6.45, 7) is 1.17. The average molecular weight is 396 g/mol. The smallest absolute Gasteiger partial charge is 0.282 e. The van der Waals surface area contributed by atoms with E-state index in [-0.39, 0.29) is 0 Å². The Morgan fingerprint density at radius 3 is 2.76 bits per heavy atom. The summed E-state index contributed by atoms with van der Waals surface area (Å²) in [6.07, 6.45) is 5.39. The van der Waals surface area contributed by atoms with E-state index in [1.807, 2.05) is 24.3 Å². The van der Waals surface area contributed by atoms with Gasteiger partial charge in [-0.3, -0.25) is 14.5 Å². The molecule has 0 bridgehead atoms. The number of alkyl halides is 2. The summed E-state index contributed by atoms with van der Waals surface area (Å²) in [5.74, 6) is -2.88. The molecular formula is C20H18F2N6O. The molecule has 3 aromatic rings. The largest absolute Gasteiger partial charge is 0.383 e. The van der Waals surface area contributed by atoms with Crippen LogP contribution in [0.4, 0.5) is 14.6 Å². The van der Waals surface area contributed by atoms with Crippen LogP contribution in [0.2, 0.25) is 0 Å². The molecule has 1 unspecified atom stereocenters. The summed E-state index contributed by atoms with van der Waals surface area (Å²) in [5.41, 5.74) is 9.60. The first-order valence-electron chi connectivity index (χ1n) is 9.26. The number of hydrogen-bond acceptors (Lipinski definition) is 5. The molecule has 5 rings (SSSR count). The number of pyridine rings is 1. The number of amides is 1. The van der Waals surface area contributed by atoms with Gasteiger partial charge in [0.25, 0.3) is 5.92 Å². The van der Waals surface area contributed by atoms with E-state index in [0.717, 1.165) is 21.4 Å². The van der Waals surface area contributed by atoms with Gasteiger partial charge in [-0.15, -0.1) is 0 Å². The lowest BCUT2D eigenvalue weighted by atomic mass is 10.0. The van der Waals surface area contributed by atoms with Gasteiger partial charge in [0.1, 0.15) is 17.4 Å². The van der Waals surface area contributed by atoms with E-state index in [4.69, 9.17) is 5.73 Å². The van der Waals surface area contributed by atoms with Gasteiger partial charge in [0.2, 0.25) is 5.91 Å². The first kappa shape index (κ1) is 17.7. The van der Waals surface area contributed by atoms with Crippen molar-refractivity contribution in [3.05, 3.63) is 36.0 Å². The van der Waals surface area contributed by atoms with Crippen LogP contribution in [-0.4, -0.2) is 57.3 Å². The fourth-order valence-electron chi connectivity index (χ4n) is 3.77. The summed E-state index contributed by atoms with van der Waals surface area (Å²) in [4.78, 5) is 22.3. The summed E-state index contributed by atoms with van der Waals surface area (Å²) in [6, 6.07) is 5.14. The molecule has 0 radical (unpaired) electrons. The van der Waals surface area contributed by atoms with Gasteiger partial charge in [0.05, 0.1) is 30.5 Å². The van der Waals surface area contributed by atoms with Crippen molar-refractivity contribution in [2.45, 2.75) is 18.9 Å². The molecule has 148 valence electrons. The summed E-state index contributed by atoms with van der Waals surface area (Å²) >= 11 is 0. The zero-order chi connectivity index (χ0) is 20.3. The maximum absolute atomic E-state index is 13.1. The van der Waals surface area contributed by atoms with E-state index in [2.05, 4.69) is 15.1 Å². The molecule has 1 fully saturated rings. The van der Waals surface area contributed by atoms with Gasteiger partial charge in [-0.05, 0) is 36.3 Å². The summed E-state index contributed by atoms with van der Waals surface area (Å²) in [7, 11) is 0. The molecule has 9 heteroatoms. The fraction of sp³-hybridized carbons (Fsp3) is 0.300. The molecule has 0 saturated carbocycles. The third-order valence-electron chi connectivity index (χ3n) is 5.43. The number of benzene rings is 1. The van der Waals surface area contributed by atoms with Gasteiger partial charge in [0.15, 0.2) is 0 Å². The lowest BCUT2D eigenvalue weighted by Gasteiger charge is -2.39. The molecule has 2 aliphatic rings. The van der Waals surface area contributed by atoms with E-state index >= 15 is 0 Å². The zero-order valence-corrected chi connectivity index (χ0v) is 15.6. The van der Waals surface area contributed by atoms with Crippen LogP contribution in [0.3, 0.4) is 0 Å². The second-order valence-electron chi connectivity index (χ2n) is 7.51. The number of allylic oxidation sites excluding steroid dienone is 1. The van der Waals surface area contributed by atoms with Gasteiger partial charge in [0, 0.05) is 17.8 Å². The quantitative estimate of drug-likeness (QED) is 0.737. The number of nitrogens with zero attached hydrogens (tertiary/aromatic N) is 5. The number of aromatic nitrogens is 3. The van der Waals surface area contributed by atoms with Crippen LogP contribution in [0, 0.1) is 0 Å². The minimum atomic E-state index is -2.80. The highest BCUT2D eigenvalue weighted by atomic mass is 19.3. The average Bonchev–Trinajstić information content (AvgIpc) is 3.34. The molecular weight excluding hydrogens is 378 g/mol. The van der Waals surface area contributed by atoms with Crippen molar-refractivity contribution in [1.29, 1.82) is 0 Å². The standard InChI is InChI=1S/C20H18F2N6O/c1-11(19(29)27-9-20(21,22)10-27)28-8-15-17(26-28)14-3-2-12(13-4-5-24-7-13)6-16(14)25-18(15)23/h2-6,8,11H,7,9-10H2,1H3,(H2,23,25). The maximum Gasteiger partial charge on any atom is 0.282 e. The Morgan fingerprint density at radius 1 is 1.28 bits per heavy atom. The molecule has 1 aromatic carbocycles. The van der Waals surface area contributed by atoms with Gasteiger partial charge < -0.3 is 10.6 Å². The van der Waals surface area contributed by atoms with Crippen molar-refractivity contribution in [1.82, 2.24) is 19.7 Å². The Bertz CT molecular complexity index is 1220. The number of carbonyl (C=O) groups excluding carboxylic acids is 1.